The van der Waals surface area contributed by atoms with Crippen LogP contribution < -0.4 is 0 Å². The van der Waals surface area contributed by atoms with E-state index in [0.29, 0.717) is 29.7 Å². The zero-order chi connectivity index (χ0) is 18.2. The Bertz CT molecular complexity index is 566. The maximum absolute atomic E-state index is 11.6. The summed E-state index contributed by atoms with van der Waals surface area (Å²) >= 11 is 3.20. The van der Waals surface area contributed by atoms with Crippen molar-refractivity contribution in [3.8, 4) is 0 Å². The first-order valence-electron chi connectivity index (χ1n) is 9.93. The molecule has 140 valence electrons. The van der Waals surface area contributed by atoms with E-state index in [1.54, 1.807) is 5.57 Å². The molecule has 0 bridgehead atoms. The van der Waals surface area contributed by atoms with Crippen LogP contribution in [0.4, 0.5) is 0 Å². The molecule has 3 heteroatoms. The molecule has 0 aromatic rings. The fraction of sp³-hybridized carbons (Fsp3) is 0.773. The van der Waals surface area contributed by atoms with Gasteiger partial charge >= 0.3 is 5.97 Å². The average Bonchev–Trinajstić information content (AvgIpc) is 2.60. The lowest BCUT2D eigenvalue weighted by molar-refractivity contribution is -0.143. The molecule has 0 saturated heterocycles. The number of hydrogen-bond acceptors (Lipinski definition) is 2. The Morgan fingerprint density at radius 2 is 2.12 bits per heavy atom. The van der Waals surface area contributed by atoms with Gasteiger partial charge in [0.1, 0.15) is 5.33 Å². The van der Waals surface area contributed by atoms with Crippen molar-refractivity contribution in [2.75, 3.05) is 11.9 Å². The summed E-state index contributed by atoms with van der Waals surface area (Å²) in [5.74, 6) is 3.32. The second kappa shape index (κ2) is 7.58. The molecule has 0 amide bonds. The first kappa shape index (κ1) is 19.2. The van der Waals surface area contributed by atoms with E-state index in [2.05, 4.69) is 49.4 Å². The Balaban J connectivity index is 1.77. The van der Waals surface area contributed by atoms with E-state index in [9.17, 15) is 4.79 Å². The summed E-state index contributed by atoms with van der Waals surface area (Å²) in [4.78, 5) is 11.6. The summed E-state index contributed by atoms with van der Waals surface area (Å²) < 4.78 is 5.50. The molecular formula is C22H33BrO2. The van der Waals surface area contributed by atoms with Crippen molar-refractivity contribution >= 4 is 21.9 Å². The van der Waals surface area contributed by atoms with Crippen LogP contribution in [0.5, 0.6) is 0 Å². The molecule has 0 aliphatic heterocycles. The molecule has 3 aliphatic carbocycles. The Morgan fingerprint density at radius 1 is 1.36 bits per heavy atom. The van der Waals surface area contributed by atoms with Crippen LogP contribution in [0.1, 0.15) is 59.3 Å². The monoisotopic (exact) mass is 408 g/mol. The molecule has 0 radical (unpaired) electrons. The minimum absolute atomic E-state index is 0.127. The van der Waals surface area contributed by atoms with Crippen LogP contribution in [0, 0.1) is 35.0 Å². The highest BCUT2D eigenvalue weighted by atomic mass is 79.9. The Labute approximate surface area is 161 Å². The van der Waals surface area contributed by atoms with E-state index in [4.69, 9.17) is 4.74 Å². The van der Waals surface area contributed by atoms with Crippen LogP contribution in [-0.2, 0) is 9.53 Å². The molecule has 6 atom stereocenters. The third-order valence-corrected chi connectivity index (χ3v) is 7.92. The quantitative estimate of drug-likeness (QED) is 0.328. The van der Waals surface area contributed by atoms with Crippen molar-refractivity contribution in [2.24, 2.45) is 35.0 Å². The highest BCUT2D eigenvalue weighted by Gasteiger charge is 2.47. The van der Waals surface area contributed by atoms with Gasteiger partial charge < -0.3 is 4.74 Å². The van der Waals surface area contributed by atoms with Gasteiger partial charge in [0.05, 0.1) is 6.61 Å². The minimum Gasteiger partial charge on any atom is -0.465 e. The van der Waals surface area contributed by atoms with Gasteiger partial charge in [-0.1, -0.05) is 53.6 Å². The third-order valence-electron chi connectivity index (χ3n) is 7.46. The molecular weight excluding hydrogens is 376 g/mol. The highest BCUT2D eigenvalue weighted by Crippen LogP contribution is 2.56. The lowest BCUT2D eigenvalue weighted by Gasteiger charge is -2.52. The molecule has 2 nitrogen and oxygen atoms in total. The lowest BCUT2D eigenvalue weighted by Crippen LogP contribution is -2.44. The van der Waals surface area contributed by atoms with Gasteiger partial charge in [-0.2, -0.15) is 0 Å². The number of ether oxygens (including phenoxy) is 1. The molecule has 3 rings (SSSR count). The van der Waals surface area contributed by atoms with Crippen molar-refractivity contribution in [1.29, 1.82) is 0 Å². The van der Waals surface area contributed by atoms with Crippen LogP contribution in [0.15, 0.2) is 23.8 Å². The molecule has 0 spiro atoms. The van der Waals surface area contributed by atoms with E-state index < -0.39 is 0 Å². The van der Waals surface area contributed by atoms with Gasteiger partial charge in [-0.05, 0) is 80.5 Å². The fourth-order valence-corrected chi connectivity index (χ4v) is 5.86. The van der Waals surface area contributed by atoms with Crippen LogP contribution >= 0.6 is 15.9 Å². The molecule has 3 unspecified atom stereocenters. The standard InChI is InChI=1S/C22H33BrO2/c1-14(2)22(4)10-9-19-16(11-22)7-8-18-17(13-25-20(24)12-23)6-5-15(3)21(18)19/h9,15-18,21H,1,5-8,10-13H2,2-4H3/t15?,16?,17-,18?,21+,22-/m1/s1. The van der Waals surface area contributed by atoms with Gasteiger partial charge in [-0.3, -0.25) is 4.79 Å². The molecule has 0 heterocycles. The Morgan fingerprint density at radius 3 is 2.80 bits per heavy atom. The van der Waals surface area contributed by atoms with Crippen molar-refractivity contribution in [3.63, 3.8) is 0 Å². The SMILES string of the molecule is C=C(C)[C@]1(C)CC=C2C(CCC3[C@@H](COC(=O)CBr)CCC(C)[C@H]23)C1. The number of esters is 1. The number of allylic oxidation sites excluding steroid dienone is 3. The predicted molar refractivity (Wildman–Crippen MR) is 107 cm³/mol. The van der Waals surface area contributed by atoms with Crippen molar-refractivity contribution < 1.29 is 9.53 Å². The number of hydrogen-bond donors (Lipinski definition) is 0. The largest absolute Gasteiger partial charge is 0.465 e. The fourth-order valence-electron chi connectivity index (χ4n) is 5.70. The minimum atomic E-state index is -0.127. The van der Waals surface area contributed by atoms with Crippen LogP contribution in [0.25, 0.3) is 0 Å². The van der Waals surface area contributed by atoms with Crippen molar-refractivity contribution in [2.45, 2.75) is 59.3 Å². The van der Waals surface area contributed by atoms with E-state index in [1.165, 1.54) is 37.7 Å². The van der Waals surface area contributed by atoms with Gasteiger partial charge in [-0.25, -0.2) is 0 Å². The molecule has 2 fully saturated rings. The van der Waals surface area contributed by atoms with Crippen molar-refractivity contribution in [1.82, 2.24) is 0 Å². The number of alkyl halides is 1. The second-order valence-corrected chi connectivity index (χ2v) is 9.61. The number of fused-ring (bicyclic) bond motifs is 3. The second-order valence-electron chi connectivity index (χ2n) is 9.05. The summed E-state index contributed by atoms with van der Waals surface area (Å²) in [7, 11) is 0. The topological polar surface area (TPSA) is 26.3 Å². The average molecular weight is 409 g/mol. The van der Waals surface area contributed by atoms with Crippen LogP contribution in [0.2, 0.25) is 0 Å². The third kappa shape index (κ3) is 3.77. The van der Waals surface area contributed by atoms with E-state index >= 15 is 0 Å². The maximum Gasteiger partial charge on any atom is 0.316 e. The zero-order valence-corrected chi connectivity index (χ0v) is 17.6. The van der Waals surface area contributed by atoms with Gasteiger partial charge in [0, 0.05) is 0 Å². The number of carbonyl (C=O) groups is 1. The van der Waals surface area contributed by atoms with Gasteiger partial charge in [0.15, 0.2) is 0 Å². The molecule has 0 N–H and O–H groups in total. The molecule has 0 aromatic carbocycles. The first-order valence-corrected chi connectivity index (χ1v) is 11.1. The van der Waals surface area contributed by atoms with Gasteiger partial charge in [0.2, 0.25) is 0 Å². The van der Waals surface area contributed by atoms with E-state index in [-0.39, 0.29) is 11.4 Å². The predicted octanol–water partition coefficient (Wildman–Crippen LogP) is 5.92. The first-order chi connectivity index (χ1) is 11.9. The number of rotatable bonds is 4. The molecule has 2 saturated carbocycles. The smallest absolute Gasteiger partial charge is 0.316 e. The maximum atomic E-state index is 11.6. The highest BCUT2D eigenvalue weighted by molar-refractivity contribution is 9.09. The molecule has 0 aromatic heterocycles. The molecule has 3 aliphatic rings. The number of halogens is 1. The van der Waals surface area contributed by atoms with Crippen LogP contribution in [0.3, 0.4) is 0 Å². The van der Waals surface area contributed by atoms with E-state index in [0.717, 1.165) is 18.3 Å². The lowest BCUT2D eigenvalue weighted by atomic mass is 9.53. The summed E-state index contributed by atoms with van der Waals surface area (Å²) in [5, 5.41) is 0.303. The summed E-state index contributed by atoms with van der Waals surface area (Å²) in [6, 6.07) is 0. The summed E-state index contributed by atoms with van der Waals surface area (Å²) in [5.41, 5.74) is 3.35. The Kier molecular flexibility index (Phi) is 5.82. The van der Waals surface area contributed by atoms with Gasteiger partial charge in [0.25, 0.3) is 0 Å². The van der Waals surface area contributed by atoms with E-state index in [1.807, 2.05) is 0 Å². The zero-order valence-electron chi connectivity index (χ0n) is 16.0. The summed E-state index contributed by atoms with van der Waals surface area (Å²) in [6.45, 7) is 11.9. The molecule has 25 heavy (non-hydrogen) atoms. The Hall–Kier alpha value is -0.570. The normalized spacial score (nSPS) is 40.5. The van der Waals surface area contributed by atoms with Crippen LogP contribution in [-0.4, -0.2) is 17.9 Å². The van der Waals surface area contributed by atoms with Gasteiger partial charge in [-0.15, -0.1) is 0 Å². The summed E-state index contributed by atoms with van der Waals surface area (Å²) in [6.07, 6.45) is 10.0. The number of carbonyl (C=O) groups excluding carboxylic acids is 1. The van der Waals surface area contributed by atoms with Crippen molar-refractivity contribution in [3.05, 3.63) is 23.8 Å².